The lowest BCUT2D eigenvalue weighted by atomic mass is 10.1. The van der Waals surface area contributed by atoms with Gasteiger partial charge >= 0.3 is 5.97 Å². The van der Waals surface area contributed by atoms with Crippen LogP contribution in [0.4, 0.5) is 4.39 Å². The van der Waals surface area contributed by atoms with Crippen molar-refractivity contribution in [2.75, 3.05) is 6.61 Å². The first-order valence-electron chi connectivity index (χ1n) is 7.71. The number of ketones is 1. The van der Waals surface area contributed by atoms with Gasteiger partial charge in [0.05, 0.1) is 6.61 Å². The van der Waals surface area contributed by atoms with E-state index in [-0.39, 0.29) is 37.7 Å². The van der Waals surface area contributed by atoms with E-state index in [4.69, 9.17) is 9.47 Å². The van der Waals surface area contributed by atoms with Crippen LogP contribution in [0, 0.1) is 5.82 Å². The van der Waals surface area contributed by atoms with Crippen LogP contribution in [0.1, 0.15) is 24.5 Å². The van der Waals surface area contributed by atoms with E-state index in [0.29, 0.717) is 11.3 Å². The van der Waals surface area contributed by atoms with Gasteiger partial charge in [-0.15, -0.1) is 0 Å². The number of Topliss-reactive ketones (excluding diaryl/α,β-unsaturated/α-hetero) is 1. The molecule has 2 aromatic carbocycles. The summed E-state index contributed by atoms with van der Waals surface area (Å²) in [5.41, 5.74) is 1.26. The van der Waals surface area contributed by atoms with E-state index in [2.05, 4.69) is 0 Å². The first-order chi connectivity index (χ1) is 11.6. The van der Waals surface area contributed by atoms with Crippen LogP contribution in [0.2, 0.25) is 0 Å². The molecular formula is C19H19FO4. The third-order valence-corrected chi connectivity index (χ3v) is 3.32. The number of esters is 1. The Hall–Kier alpha value is -2.69. The Balaban J connectivity index is 1.85. The van der Waals surface area contributed by atoms with Crippen molar-refractivity contribution < 1.29 is 23.5 Å². The first-order valence-corrected chi connectivity index (χ1v) is 7.71. The van der Waals surface area contributed by atoms with Gasteiger partial charge < -0.3 is 9.47 Å². The molecular weight excluding hydrogens is 311 g/mol. The number of rotatable bonds is 8. The van der Waals surface area contributed by atoms with Gasteiger partial charge in [-0.1, -0.05) is 30.3 Å². The third-order valence-electron chi connectivity index (χ3n) is 3.32. The Kier molecular flexibility index (Phi) is 6.49. The van der Waals surface area contributed by atoms with Crippen LogP contribution in [0.25, 0.3) is 0 Å². The Morgan fingerprint density at radius 3 is 2.42 bits per heavy atom. The quantitative estimate of drug-likeness (QED) is 0.549. The van der Waals surface area contributed by atoms with E-state index < -0.39 is 5.97 Å². The van der Waals surface area contributed by atoms with E-state index in [9.17, 15) is 14.0 Å². The van der Waals surface area contributed by atoms with Gasteiger partial charge in [0.2, 0.25) is 0 Å². The van der Waals surface area contributed by atoms with Crippen LogP contribution < -0.4 is 4.74 Å². The van der Waals surface area contributed by atoms with Crippen molar-refractivity contribution in [2.45, 2.75) is 26.4 Å². The maximum Gasteiger partial charge on any atom is 0.313 e. The second-order valence-corrected chi connectivity index (χ2v) is 5.22. The van der Waals surface area contributed by atoms with Gasteiger partial charge in [-0.3, -0.25) is 9.59 Å². The number of carbonyl (C=O) groups is 2. The number of hydrogen-bond donors (Lipinski definition) is 0. The van der Waals surface area contributed by atoms with Crippen LogP contribution in [0.3, 0.4) is 0 Å². The van der Waals surface area contributed by atoms with Gasteiger partial charge in [-0.2, -0.15) is 0 Å². The second-order valence-electron chi connectivity index (χ2n) is 5.22. The summed E-state index contributed by atoms with van der Waals surface area (Å²) < 4.78 is 23.8. The molecule has 0 aromatic heterocycles. The average molecular weight is 330 g/mol. The highest BCUT2D eigenvalue weighted by molar-refractivity contribution is 5.96. The van der Waals surface area contributed by atoms with Crippen LogP contribution in [0.5, 0.6) is 5.75 Å². The van der Waals surface area contributed by atoms with Gasteiger partial charge in [0, 0.05) is 12.0 Å². The SMILES string of the molecule is CCOC(=O)CC(=O)Cc1ccc(OCc2ccccc2F)cc1. The summed E-state index contributed by atoms with van der Waals surface area (Å²) in [5.74, 6) is -0.431. The largest absolute Gasteiger partial charge is 0.489 e. The fourth-order valence-corrected chi connectivity index (χ4v) is 2.14. The van der Waals surface area contributed by atoms with Crippen molar-refractivity contribution in [2.24, 2.45) is 0 Å². The molecule has 0 N–H and O–H groups in total. The van der Waals surface area contributed by atoms with E-state index in [1.54, 1.807) is 49.4 Å². The van der Waals surface area contributed by atoms with E-state index in [1.165, 1.54) is 6.07 Å². The maximum atomic E-state index is 13.5. The molecule has 0 atom stereocenters. The predicted molar refractivity (Wildman–Crippen MR) is 87.1 cm³/mol. The monoisotopic (exact) mass is 330 g/mol. The maximum absolute atomic E-state index is 13.5. The standard InChI is InChI=1S/C19H19FO4/c1-2-23-19(22)12-16(21)11-14-7-9-17(10-8-14)24-13-15-5-3-4-6-18(15)20/h3-10H,2,11-13H2,1H3. The average Bonchev–Trinajstić information content (AvgIpc) is 2.55. The summed E-state index contributed by atoms with van der Waals surface area (Å²) in [5, 5.41) is 0. The molecule has 2 rings (SSSR count). The lowest BCUT2D eigenvalue weighted by molar-refractivity contribution is -0.145. The minimum Gasteiger partial charge on any atom is -0.489 e. The van der Waals surface area contributed by atoms with Crippen molar-refractivity contribution in [1.29, 1.82) is 0 Å². The molecule has 0 spiro atoms. The first kappa shape index (κ1) is 17.7. The number of ether oxygens (including phenoxy) is 2. The van der Waals surface area contributed by atoms with Crippen LogP contribution in [-0.2, 0) is 27.4 Å². The van der Waals surface area contributed by atoms with E-state index >= 15 is 0 Å². The predicted octanol–water partition coefficient (Wildman–Crippen LogP) is 3.47. The fraction of sp³-hybridized carbons (Fsp3) is 0.263. The summed E-state index contributed by atoms with van der Waals surface area (Å²) in [7, 11) is 0. The molecule has 0 radical (unpaired) electrons. The zero-order valence-electron chi connectivity index (χ0n) is 13.5. The Bertz CT molecular complexity index is 695. The molecule has 2 aromatic rings. The number of benzene rings is 2. The Morgan fingerprint density at radius 1 is 1.04 bits per heavy atom. The molecule has 0 saturated heterocycles. The van der Waals surface area contributed by atoms with E-state index in [0.717, 1.165) is 5.56 Å². The molecule has 0 bridgehead atoms. The van der Waals surface area contributed by atoms with Gasteiger partial charge in [0.25, 0.3) is 0 Å². The number of hydrogen-bond acceptors (Lipinski definition) is 4. The molecule has 0 aliphatic rings. The summed E-state index contributed by atoms with van der Waals surface area (Å²) in [6, 6.07) is 13.4. The molecule has 0 heterocycles. The van der Waals surface area contributed by atoms with Crippen LogP contribution >= 0.6 is 0 Å². The molecule has 0 unspecified atom stereocenters. The molecule has 4 nitrogen and oxygen atoms in total. The van der Waals surface area contributed by atoms with Crippen molar-refractivity contribution >= 4 is 11.8 Å². The molecule has 0 aliphatic heterocycles. The number of carbonyl (C=O) groups excluding carboxylic acids is 2. The fourth-order valence-electron chi connectivity index (χ4n) is 2.14. The smallest absolute Gasteiger partial charge is 0.313 e. The summed E-state index contributed by atoms with van der Waals surface area (Å²) in [6.07, 6.45) is -0.0637. The van der Waals surface area contributed by atoms with E-state index in [1.807, 2.05) is 0 Å². The summed E-state index contributed by atoms with van der Waals surface area (Å²) >= 11 is 0. The molecule has 0 amide bonds. The minimum absolute atomic E-state index is 0.133. The summed E-state index contributed by atoms with van der Waals surface area (Å²) in [4.78, 5) is 23.0. The van der Waals surface area contributed by atoms with Gasteiger partial charge in [0.15, 0.2) is 0 Å². The van der Waals surface area contributed by atoms with Crippen LogP contribution in [-0.4, -0.2) is 18.4 Å². The topological polar surface area (TPSA) is 52.6 Å². The third kappa shape index (κ3) is 5.50. The Morgan fingerprint density at radius 2 is 1.75 bits per heavy atom. The highest BCUT2D eigenvalue weighted by atomic mass is 19.1. The van der Waals surface area contributed by atoms with Crippen molar-refractivity contribution in [1.82, 2.24) is 0 Å². The lowest BCUT2D eigenvalue weighted by Gasteiger charge is -2.08. The molecule has 5 heteroatoms. The highest BCUT2D eigenvalue weighted by Gasteiger charge is 2.11. The van der Waals surface area contributed by atoms with Crippen molar-refractivity contribution in [3.05, 3.63) is 65.5 Å². The highest BCUT2D eigenvalue weighted by Crippen LogP contribution is 2.16. The number of halogens is 1. The minimum atomic E-state index is -0.507. The van der Waals surface area contributed by atoms with Crippen molar-refractivity contribution in [3.63, 3.8) is 0 Å². The van der Waals surface area contributed by atoms with Gasteiger partial charge in [0.1, 0.15) is 30.4 Å². The normalized spacial score (nSPS) is 10.2. The molecule has 0 saturated carbocycles. The van der Waals surface area contributed by atoms with Crippen molar-refractivity contribution in [3.8, 4) is 5.75 Å². The molecule has 0 aliphatic carbocycles. The molecule has 126 valence electrons. The lowest BCUT2D eigenvalue weighted by Crippen LogP contribution is -2.12. The van der Waals surface area contributed by atoms with Gasteiger partial charge in [-0.05, 0) is 30.7 Å². The summed E-state index contributed by atoms with van der Waals surface area (Å²) in [6.45, 7) is 2.09. The second kappa shape index (κ2) is 8.82. The zero-order chi connectivity index (χ0) is 17.4. The molecule has 24 heavy (non-hydrogen) atoms. The Labute approximate surface area is 140 Å². The van der Waals surface area contributed by atoms with Crippen LogP contribution in [0.15, 0.2) is 48.5 Å². The molecule has 0 fully saturated rings. The zero-order valence-corrected chi connectivity index (χ0v) is 13.5. The van der Waals surface area contributed by atoms with Gasteiger partial charge in [-0.25, -0.2) is 4.39 Å².